The minimum absolute atomic E-state index is 0.192. The summed E-state index contributed by atoms with van der Waals surface area (Å²) in [6.07, 6.45) is 8.85. The molecule has 1 saturated carbocycles. The molecule has 4 rings (SSSR count). The maximum absolute atomic E-state index is 12.8. The first-order valence-corrected chi connectivity index (χ1v) is 11.5. The summed E-state index contributed by atoms with van der Waals surface area (Å²) in [6.45, 7) is 5.79. The molecule has 1 amide bonds. The molecule has 0 radical (unpaired) electrons. The molecule has 2 aromatic heterocycles. The SMILES string of the molecule is CCc1onc(C)c1-c1cccc([C@@H]2CN(C(=O)CCC3CCCCC3)CCO2)n1. The number of pyridine rings is 1. The summed E-state index contributed by atoms with van der Waals surface area (Å²) in [5, 5.41) is 4.10. The van der Waals surface area contributed by atoms with Crippen molar-refractivity contribution in [3.63, 3.8) is 0 Å². The largest absolute Gasteiger partial charge is 0.368 e. The molecule has 0 N–H and O–H groups in total. The molecule has 6 nitrogen and oxygen atoms in total. The number of aryl methyl sites for hydroxylation is 2. The van der Waals surface area contributed by atoms with E-state index in [2.05, 4.69) is 5.16 Å². The molecule has 1 aliphatic carbocycles. The molecule has 0 unspecified atom stereocenters. The Morgan fingerprint density at radius 1 is 1.23 bits per heavy atom. The van der Waals surface area contributed by atoms with Crippen LogP contribution in [0.1, 0.15) is 75.1 Å². The van der Waals surface area contributed by atoms with Crippen LogP contribution in [0, 0.1) is 12.8 Å². The Kier molecular flexibility index (Phi) is 6.82. The number of ether oxygens (including phenoxy) is 1. The highest BCUT2D eigenvalue weighted by atomic mass is 16.5. The molecule has 30 heavy (non-hydrogen) atoms. The van der Waals surface area contributed by atoms with Crippen molar-refractivity contribution in [1.29, 1.82) is 0 Å². The Bertz CT molecular complexity index is 857. The molecule has 6 heteroatoms. The summed E-state index contributed by atoms with van der Waals surface area (Å²) >= 11 is 0. The Morgan fingerprint density at radius 3 is 2.87 bits per heavy atom. The van der Waals surface area contributed by atoms with Gasteiger partial charge in [0.15, 0.2) is 0 Å². The average molecular weight is 412 g/mol. The Morgan fingerprint density at radius 2 is 2.07 bits per heavy atom. The zero-order valence-electron chi connectivity index (χ0n) is 18.2. The third-order valence-corrected chi connectivity index (χ3v) is 6.52. The Labute approximate surface area is 179 Å². The van der Waals surface area contributed by atoms with Crippen molar-refractivity contribution in [1.82, 2.24) is 15.0 Å². The van der Waals surface area contributed by atoms with Crippen LogP contribution in [-0.2, 0) is 16.0 Å². The zero-order chi connectivity index (χ0) is 20.9. The van der Waals surface area contributed by atoms with E-state index in [1.165, 1.54) is 32.1 Å². The van der Waals surface area contributed by atoms with Gasteiger partial charge in [0.2, 0.25) is 5.91 Å². The van der Waals surface area contributed by atoms with Gasteiger partial charge in [-0.15, -0.1) is 0 Å². The van der Waals surface area contributed by atoms with E-state index in [0.29, 0.717) is 26.1 Å². The topological polar surface area (TPSA) is 68.5 Å². The van der Waals surface area contributed by atoms with Crippen LogP contribution in [0.3, 0.4) is 0 Å². The van der Waals surface area contributed by atoms with E-state index in [1.54, 1.807) is 0 Å². The second kappa shape index (κ2) is 9.73. The minimum atomic E-state index is -0.192. The molecule has 3 heterocycles. The van der Waals surface area contributed by atoms with Crippen LogP contribution in [0.5, 0.6) is 0 Å². The molecule has 162 valence electrons. The normalized spacial score (nSPS) is 20.5. The molecular formula is C24H33N3O3. The van der Waals surface area contributed by atoms with Gasteiger partial charge in [0.25, 0.3) is 0 Å². The minimum Gasteiger partial charge on any atom is -0.368 e. The monoisotopic (exact) mass is 411 g/mol. The summed E-state index contributed by atoms with van der Waals surface area (Å²) in [5.74, 6) is 1.84. The van der Waals surface area contributed by atoms with Crippen LogP contribution in [0.15, 0.2) is 22.7 Å². The summed E-state index contributed by atoms with van der Waals surface area (Å²) in [6, 6.07) is 5.97. The van der Waals surface area contributed by atoms with E-state index in [1.807, 2.05) is 36.9 Å². The summed E-state index contributed by atoms with van der Waals surface area (Å²) in [7, 11) is 0. The number of nitrogens with zero attached hydrogens (tertiary/aromatic N) is 3. The fourth-order valence-corrected chi connectivity index (χ4v) is 4.77. The van der Waals surface area contributed by atoms with Crippen molar-refractivity contribution < 1.29 is 14.1 Å². The summed E-state index contributed by atoms with van der Waals surface area (Å²) in [5.41, 5.74) is 3.53. The third kappa shape index (κ3) is 4.75. The first-order chi connectivity index (χ1) is 14.7. The summed E-state index contributed by atoms with van der Waals surface area (Å²) < 4.78 is 11.4. The van der Waals surface area contributed by atoms with Gasteiger partial charge in [0.1, 0.15) is 11.9 Å². The molecule has 1 atom stereocenters. The lowest BCUT2D eigenvalue weighted by atomic mass is 9.86. The van der Waals surface area contributed by atoms with Gasteiger partial charge in [0.05, 0.1) is 35.8 Å². The van der Waals surface area contributed by atoms with Crippen molar-refractivity contribution in [2.24, 2.45) is 5.92 Å². The van der Waals surface area contributed by atoms with E-state index in [9.17, 15) is 4.79 Å². The van der Waals surface area contributed by atoms with Crippen LogP contribution < -0.4 is 0 Å². The highest BCUT2D eigenvalue weighted by molar-refractivity contribution is 5.76. The number of rotatable bonds is 6. The zero-order valence-corrected chi connectivity index (χ0v) is 18.2. The lowest BCUT2D eigenvalue weighted by Crippen LogP contribution is -2.42. The van der Waals surface area contributed by atoms with Crippen molar-refractivity contribution >= 4 is 5.91 Å². The first kappa shape index (κ1) is 21.0. The quantitative estimate of drug-likeness (QED) is 0.678. The van der Waals surface area contributed by atoms with Gasteiger partial charge in [0, 0.05) is 19.4 Å². The van der Waals surface area contributed by atoms with Gasteiger partial charge in [-0.05, 0) is 31.4 Å². The van der Waals surface area contributed by atoms with Gasteiger partial charge >= 0.3 is 0 Å². The molecular weight excluding hydrogens is 378 g/mol. The molecule has 0 bridgehead atoms. The highest BCUT2D eigenvalue weighted by Gasteiger charge is 2.27. The predicted octanol–water partition coefficient (Wildman–Crippen LogP) is 4.87. The maximum atomic E-state index is 12.8. The van der Waals surface area contributed by atoms with Crippen molar-refractivity contribution in [2.75, 3.05) is 19.7 Å². The predicted molar refractivity (Wildman–Crippen MR) is 115 cm³/mol. The Hall–Kier alpha value is -2.21. The number of carbonyl (C=O) groups is 1. The maximum Gasteiger partial charge on any atom is 0.222 e. The fraction of sp³-hybridized carbons (Fsp3) is 0.625. The molecule has 2 aromatic rings. The number of hydrogen-bond acceptors (Lipinski definition) is 5. The second-order valence-corrected chi connectivity index (χ2v) is 8.61. The fourth-order valence-electron chi connectivity index (χ4n) is 4.77. The molecule has 1 aliphatic heterocycles. The smallest absolute Gasteiger partial charge is 0.222 e. The van der Waals surface area contributed by atoms with Gasteiger partial charge in [-0.1, -0.05) is 50.3 Å². The molecule has 2 aliphatic rings. The number of amides is 1. The number of morpholine rings is 1. The van der Waals surface area contributed by atoms with E-state index < -0.39 is 0 Å². The van der Waals surface area contributed by atoms with Crippen LogP contribution in [-0.4, -0.2) is 40.6 Å². The highest BCUT2D eigenvalue weighted by Crippen LogP contribution is 2.30. The van der Waals surface area contributed by atoms with E-state index in [-0.39, 0.29) is 12.0 Å². The van der Waals surface area contributed by atoms with Crippen LogP contribution in [0.25, 0.3) is 11.3 Å². The van der Waals surface area contributed by atoms with Crippen LogP contribution in [0.2, 0.25) is 0 Å². The van der Waals surface area contributed by atoms with Gasteiger partial charge in [-0.3, -0.25) is 4.79 Å². The standard InChI is InChI=1S/C24H33N3O3/c1-3-21-24(17(2)26-30-21)20-11-7-10-19(25-20)22-16-27(14-15-29-22)23(28)13-12-18-8-5-4-6-9-18/h7,10-11,18,22H,3-6,8-9,12-16H2,1-2H3/t22-/m0/s1. The van der Waals surface area contributed by atoms with Crippen molar-refractivity contribution in [3.8, 4) is 11.3 Å². The van der Waals surface area contributed by atoms with E-state index in [4.69, 9.17) is 14.2 Å². The van der Waals surface area contributed by atoms with Crippen LogP contribution >= 0.6 is 0 Å². The Balaban J connectivity index is 1.42. The average Bonchev–Trinajstić information content (AvgIpc) is 3.19. The van der Waals surface area contributed by atoms with Crippen molar-refractivity contribution in [2.45, 2.75) is 71.3 Å². The first-order valence-electron chi connectivity index (χ1n) is 11.5. The van der Waals surface area contributed by atoms with Gasteiger partial charge in [-0.2, -0.15) is 0 Å². The van der Waals surface area contributed by atoms with Crippen molar-refractivity contribution in [3.05, 3.63) is 35.3 Å². The van der Waals surface area contributed by atoms with Gasteiger partial charge in [-0.25, -0.2) is 4.98 Å². The lowest BCUT2D eigenvalue weighted by molar-refractivity contribution is -0.139. The lowest BCUT2D eigenvalue weighted by Gasteiger charge is -2.33. The molecule has 2 fully saturated rings. The van der Waals surface area contributed by atoms with E-state index in [0.717, 1.165) is 47.2 Å². The van der Waals surface area contributed by atoms with E-state index >= 15 is 0 Å². The number of carbonyl (C=O) groups excluding carboxylic acids is 1. The van der Waals surface area contributed by atoms with Gasteiger partial charge < -0.3 is 14.2 Å². The number of hydrogen-bond donors (Lipinski definition) is 0. The molecule has 0 spiro atoms. The van der Waals surface area contributed by atoms with Crippen LogP contribution in [0.4, 0.5) is 0 Å². The molecule has 0 aromatic carbocycles. The molecule has 1 saturated heterocycles. The third-order valence-electron chi connectivity index (χ3n) is 6.52. The summed E-state index contributed by atoms with van der Waals surface area (Å²) in [4.78, 5) is 19.7. The number of aromatic nitrogens is 2. The second-order valence-electron chi connectivity index (χ2n) is 8.61.